The summed E-state index contributed by atoms with van der Waals surface area (Å²) in [5.41, 5.74) is 0.00546. The molecule has 0 radical (unpaired) electrons. The fourth-order valence-electron chi connectivity index (χ4n) is 2.03. The highest BCUT2D eigenvalue weighted by molar-refractivity contribution is 5.33. The van der Waals surface area contributed by atoms with Crippen LogP contribution in [0.4, 0.5) is 19.1 Å². The van der Waals surface area contributed by atoms with Gasteiger partial charge in [0.2, 0.25) is 5.95 Å². The predicted molar refractivity (Wildman–Crippen MR) is 79.3 cm³/mol. The first-order valence-electron chi connectivity index (χ1n) is 6.83. The van der Waals surface area contributed by atoms with Crippen molar-refractivity contribution in [1.82, 2.24) is 9.97 Å². The molecule has 22 heavy (non-hydrogen) atoms. The van der Waals surface area contributed by atoms with Crippen molar-refractivity contribution < 1.29 is 13.2 Å². The van der Waals surface area contributed by atoms with Gasteiger partial charge in [-0.1, -0.05) is 36.4 Å². The third-order valence-corrected chi connectivity index (χ3v) is 3.11. The van der Waals surface area contributed by atoms with Crippen molar-refractivity contribution in [3.8, 4) is 0 Å². The van der Waals surface area contributed by atoms with Gasteiger partial charge in [-0.25, -0.2) is 9.97 Å². The Kier molecular flexibility index (Phi) is 5.14. The zero-order valence-electron chi connectivity index (χ0n) is 11.8. The zero-order chi connectivity index (χ0) is 16.0. The van der Waals surface area contributed by atoms with Crippen LogP contribution in [0.15, 0.2) is 55.3 Å². The lowest BCUT2D eigenvalue weighted by molar-refractivity contribution is -0.141. The highest BCUT2D eigenvalue weighted by atomic mass is 19.4. The van der Waals surface area contributed by atoms with Gasteiger partial charge in [0.25, 0.3) is 0 Å². The molecule has 0 bridgehead atoms. The van der Waals surface area contributed by atoms with Crippen LogP contribution < -0.4 is 5.32 Å². The number of hydrogen-bond donors (Lipinski definition) is 1. The molecule has 0 aliphatic rings. The molecule has 0 saturated heterocycles. The summed E-state index contributed by atoms with van der Waals surface area (Å²) in [6.07, 6.45) is -0.195. The molecule has 1 unspecified atom stereocenters. The van der Waals surface area contributed by atoms with Crippen molar-refractivity contribution in [2.75, 3.05) is 5.32 Å². The summed E-state index contributed by atoms with van der Waals surface area (Å²) in [5, 5.41) is 2.97. The molecule has 116 valence electrons. The number of nitrogens with zero attached hydrogens (tertiary/aromatic N) is 2. The molecular formula is C16H16F3N3. The first kappa shape index (κ1) is 16.0. The maximum Gasteiger partial charge on any atom is 0.433 e. The number of nitrogens with one attached hydrogen (secondary N) is 1. The minimum atomic E-state index is -4.48. The summed E-state index contributed by atoms with van der Waals surface area (Å²) in [6.45, 7) is 3.67. The number of hydrogen-bond acceptors (Lipinski definition) is 3. The fraction of sp³-hybridized carbons (Fsp3) is 0.250. The van der Waals surface area contributed by atoms with Crippen LogP contribution in [-0.2, 0) is 6.18 Å². The van der Waals surface area contributed by atoms with E-state index >= 15 is 0 Å². The van der Waals surface area contributed by atoms with Crippen molar-refractivity contribution in [1.29, 1.82) is 0 Å². The topological polar surface area (TPSA) is 37.8 Å². The van der Waals surface area contributed by atoms with Crippen molar-refractivity contribution in [3.63, 3.8) is 0 Å². The lowest BCUT2D eigenvalue weighted by atomic mass is 10.0. The Labute approximate surface area is 126 Å². The molecule has 1 aromatic carbocycles. The molecule has 1 atom stereocenters. The highest BCUT2D eigenvalue weighted by Gasteiger charge is 2.32. The van der Waals surface area contributed by atoms with E-state index in [1.54, 1.807) is 6.08 Å². The highest BCUT2D eigenvalue weighted by Crippen LogP contribution is 2.28. The molecule has 0 saturated carbocycles. The van der Waals surface area contributed by atoms with Crippen molar-refractivity contribution in [2.24, 2.45) is 0 Å². The number of rotatable bonds is 6. The molecule has 1 heterocycles. The van der Waals surface area contributed by atoms with Crippen molar-refractivity contribution >= 4 is 5.95 Å². The molecule has 0 amide bonds. The van der Waals surface area contributed by atoms with Gasteiger partial charge in [0.15, 0.2) is 0 Å². The van der Waals surface area contributed by atoms with Crippen LogP contribution in [0.2, 0.25) is 0 Å². The lowest BCUT2D eigenvalue weighted by Gasteiger charge is -2.19. The molecule has 6 heteroatoms. The average Bonchev–Trinajstić information content (AvgIpc) is 2.52. The molecule has 0 spiro atoms. The summed E-state index contributed by atoms with van der Waals surface area (Å²) in [6, 6.07) is 10.1. The van der Waals surface area contributed by atoms with Gasteiger partial charge >= 0.3 is 6.18 Å². The summed E-state index contributed by atoms with van der Waals surface area (Å²) in [7, 11) is 0. The molecular weight excluding hydrogens is 291 g/mol. The average molecular weight is 307 g/mol. The van der Waals surface area contributed by atoms with Gasteiger partial charge in [-0.15, -0.1) is 6.58 Å². The van der Waals surface area contributed by atoms with E-state index in [1.807, 2.05) is 30.3 Å². The van der Waals surface area contributed by atoms with Gasteiger partial charge in [-0.3, -0.25) is 0 Å². The van der Waals surface area contributed by atoms with E-state index in [1.165, 1.54) is 0 Å². The van der Waals surface area contributed by atoms with Crippen molar-refractivity contribution in [2.45, 2.75) is 25.1 Å². The maximum atomic E-state index is 12.7. The van der Waals surface area contributed by atoms with Gasteiger partial charge < -0.3 is 5.32 Å². The number of alkyl halides is 3. The maximum absolute atomic E-state index is 12.7. The quantitative estimate of drug-likeness (QED) is 0.792. The Morgan fingerprint density at radius 1 is 1.18 bits per heavy atom. The zero-order valence-corrected chi connectivity index (χ0v) is 11.8. The molecule has 0 fully saturated rings. The summed E-state index contributed by atoms with van der Waals surface area (Å²) in [5.74, 6) is -0.0345. The van der Waals surface area contributed by atoms with Gasteiger partial charge in [-0.2, -0.15) is 13.2 Å². The third-order valence-electron chi connectivity index (χ3n) is 3.11. The molecule has 2 aromatic rings. The van der Waals surface area contributed by atoms with E-state index in [2.05, 4.69) is 21.9 Å². The standard InChI is InChI=1S/C16H16F3N3/c1-2-3-9-13(12-7-5-4-6-8-12)21-15-20-11-10-14(22-15)16(17,18)19/h2,4-8,10-11,13H,1,3,9H2,(H,20,21,22). The molecule has 3 nitrogen and oxygen atoms in total. The number of aromatic nitrogens is 2. The number of halogens is 3. The van der Waals surface area contributed by atoms with E-state index in [-0.39, 0.29) is 12.0 Å². The first-order chi connectivity index (χ1) is 10.5. The molecule has 2 rings (SSSR count). The van der Waals surface area contributed by atoms with Crippen LogP contribution in [0.3, 0.4) is 0 Å². The lowest BCUT2D eigenvalue weighted by Crippen LogP contribution is -2.15. The summed E-state index contributed by atoms with van der Waals surface area (Å²) in [4.78, 5) is 7.42. The Bertz CT molecular complexity index is 612. The third kappa shape index (κ3) is 4.31. The number of allylic oxidation sites excluding steroid dienone is 1. The minimum absolute atomic E-state index is 0.0345. The smallest absolute Gasteiger partial charge is 0.347 e. The van der Waals surface area contributed by atoms with Gasteiger partial charge in [0.05, 0.1) is 6.04 Å². The van der Waals surface area contributed by atoms with Gasteiger partial charge in [-0.05, 0) is 24.5 Å². The molecule has 0 aliphatic carbocycles. The monoisotopic (exact) mass is 307 g/mol. The van der Waals surface area contributed by atoms with E-state index in [0.717, 1.165) is 24.2 Å². The van der Waals surface area contributed by atoms with Gasteiger partial charge in [0, 0.05) is 6.20 Å². The van der Waals surface area contributed by atoms with E-state index in [0.29, 0.717) is 6.42 Å². The summed E-state index contributed by atoms with van der Waals surface area (Å²) >= 11 is 0. The summed E-state index contributed by atoms with van der Waals surface area (Å²) < 4.78 is 38.1. The van der Waals surface area contributed by atoms with Crippen LogP contribution >= 0.6 is 0 Å². The number of benzene rings is 1. The van der Waals surface area contributed by atoms with E-state index in [4.69, 9.17) is 0 Å². The van der Waals surface area contributed by atoms with Crippen LogP contribution in [0, 0.1) is 0 Å². The Morgan fingerprint density at radius 2 is 1.91 bits per heavy atom. The SMILES string of the molecule is C=CCCC(Nc1nccc(C(F)(F)F)n1)c1ccccc1. The first-order valence-corrected chi connectivity index (χ1v) is 6.83. The Hall–Kier alpha value is -2.37. The largest absolute Gasteiger partial charge is 0.433 e. The second-order valence-corrected chi connectivity index (χ2v) is 4.74. The second-order valence-electron chi connectivity index (χ2n) is 4.74. The van der Waals surface area contributed by atoms with Gasteiger partial charge in [0.1, 0.15) is 5.69 Å². The Balaban J connectivity index is 2.22. The molecule has 0 aliphatic heterocycles. The van der Waals surface area contributed by atoms with Crippen LogP contribution in [0.5, 0.6) is 0 Å². The van der Waals surface area contributed by atoms with Crippen LogP contribution in [0.1, 0.15) is 30.1 Å². The normalized spacial score (nSPS) is 12.7. The van der Waals surface area contributed by atoms with E-state index < -0.39 is 11.9 Å². The fourth-order valence-corrected chi connectivity index (χ4v) is 2.03. The van der Waals surface area contributed by atoms with Crippen LogP contribution in [0.25, 0.3) is 0 Å². The van der Waals surface area contributed by atoms with Crippen LogP contribution in [-0.4, -0.2) is 9.97 Å². The molecule has 1 aromatic heterocycles. The predicted octanol–water partition coefficient (Wildman–Crippen LogP) is 4.61. The minimum Gasteiger partial charge on any atom is -0.347 e. The Morgan fingerprint density at radius 3 is 2.55 bits per heavy atom. The second kappa shape index (κ2) is 7.06. The number of anilines is 1. The van der Waals surface area contributed by atoms with E-state index in [9.17, 15) is 13.2 Å². The molecule has 1 N–H and O–H groups in total. The van der Waals surface area contributed by atoms with Crippen molar-refractivity contribution in [3.05, 3.63) is 66.5 Å².